The van der Waals surface area contributed by atoms with Crippen molar-refractivity contribution in [2.24, 2.45) is 5.73 Å². The third-order valence-corrected chi connectivity index (χ3v) is 4.45. The Hall–Kier alpha value is -1.91. The topological polar surface area (TPSA) is 38.0 Å². The van der Waals surface area contributed by atoms with Crippen LogP contribution in [-0.2, 0) is 6.42 Å². The number of thiophene rings is 1. The van der Waals surface area contributed by atoms with E-state index in [4.69, 9.17) is 18.0 Å². The highest BCUT2D eigenvalue weighted by Gasteiger charge is 2.07. The molecule has 0 aliphatic carbocycles. The smallest absolute Gasteiger partial charge is 0.104 e. The molecule has 0 amide bonds. The average molecular weight is 312 g/mol. The number of hydrogen-bond donors (Lipinski definition) is 2. The van der Waals surface area contributed by atoms with Crippen LogP contribution in [0.2, 0.25) is 0 Å². The van der Waals surface area contributed by atoms with Crippen LogP contribution in [0.5, 0.6) is 0 Å². The van der Waals surface area contributed by atoms with E-state index >= 15 is 0 Å². The Morgan fingerprint density at radius 1 is 1.10 bits per heavy atom. The van der Waals surface area contributed by atoms with Crippen molar-refractivity contribution >= 4 is 45.0 Å². The summed E-state index contributed by atoms with van der Waals surface area (Å²) in [6.07, 6.45) is 1.02. The molecule has 0 atom stereocenters. The van der Waals surface area contributed by atoms with Crippen molar-refractivity contribution in [3.05, 3.63) is 64.4 Å². The second kappa shape index (κ2) is 6.24. The number of thiocarbonyl (C=S) groups is 1. The number of anilines is 1. The molecule has 3 aromatic rings. The van der Waals surface area contributed by atoms with Crippen LogP contribution in [-0.4, -0.2) is 11.5 Å². The minimum absolute atomic E-state index is 0.441. The van der Waals surface area contributed by atoms with Gasteiger partial charge in [-0.05, 0) is 46.3 Å². The van der Waals surface area contributed by atoms with Crippen molar-refractivity contribution in [2.75, 3.05) is 11.9 Å². The van der Waals surface area contributed by atoms with E-state index in [-0.39, 0.29) is 0 Å². The Balaban J connectivity index is 1.85. The van der Waals surface area contributed by atoms with Gasteiger partial charge in [0.15, 0.2) is 0 Å². The fourth-order valence-electron chi connectivity index (χ4n) is 2.44. The van der Waals surface area contributed by atoms with E-state index in [1.165, 1.54) is 5.56 Å². The third-order valence-electron chi connectivity index (χ3n) is 3.50. The normalized spacial score (nSPS) is 10.7. The van der Waals surface area contributed by atoms with Crippen LogP contribution >= 0.6 is 23.6 Å². The summed E-state index contributed by atoms with van der Waals surface area (Å²) < 4.78 is 0. The first-order valence-corrected chi connectivity index (χ1v) is 8.17. The molecule has 106 valence electrons. The largest absolute Gasteiger partial charge is 0.389 e. The molecule has 1 aromatic heterocycles. The van der Waals surface area contributed by atoms with Gasteiger partial charge in [0.05, 0.1) is 0 Å². The Labute approximate surface area is 133 Å². The van der Waals surface area contributed by atoms with Crippen molar-refractivity contribution in [2.45, 2.75) is 6.42 Å². The summed E-state index contributed by atoms with van der Waals surface area (Å²) in [6, 6.07) is 14.4. The van der Waals surface area contributed by atoms with E-state index in [9.17, 15) is 0 Å². The van der Waals surface area contributed by atoms with Crippen LogP contribution in [0.15, 0.2) is 53.2 Å². The summed E-state index contributed by atoms with van der Waals surface area (Å²) in [4.78, 5) is 0.441. The number of hydrogen-bond acceptors (Lipinski definition) is 3. The number of rotatable bonds is 5. The highest BCUT2D eigenvalue weighted by molar-refractivity contribution is 7.80. The minimum Gasteiger partial charge on any atom is -0.389 e. The molecular formula is C17H16N2S2. The van der Waals surface area contributed by atoms with Gasteiger partial charge in [0.1, 0.15) is 4.99 Å². The van der Waals surface area contributed by atoms with Gasteiger partial charge in [-0.3, -0.25) is 0 Å². The molecule has 2 aromatic carbocycles. The minimum atomic E-state index is 0.441. The Morgan fingerprint density at radius 2 is 1.90 bits per heavy atom. The van der Waals surface area contributed by atoms with Crippen LogP contribution < -0.4 is 11.1 Å². The molecule has 0 unspecified atom stereocenters. The molecule has 0 radical (unpaired) electrons. The second-order valence-electron chi connectivity index (χ2n) is 4.88. The second-order valence-corrected chi connectivity index (χ2v) is 6.10. The zero-order valence-electron chi connectivity index (χ0n) is 11.5. The van der Waals surface area contributed by atoms with Crippen molar-refractivity contribution in [1.29, 1.82) is 0 Å². The fraction of sp³-hybridized carbons (Fsp3) is 0.118. The molecular weight excluding hydrogens is 296 g/mol. The molecule has 0 saturated heterocycles. The lowest BCUT2D eigenvalue weighted by Crippen LogP contribution is -2.11. The van der Waals surface area contributed by atoms with Gasteiger partial charge in [-0.15, -0.1) is 0 Å². The maximum atomic E-state index is 5.81. The van der Waals surface area contributed by atoms with Crippen molar-refractivity contribution in [3.63, 3.8) is 0 Å². The molecule has 0 aliphatic heterocycles. The van der Waals surface area contributed by atoms with Gasteiger partial charge in [-0.1, -0.05) is 36.5 Å². The molecule has 3 N–H and O–H groups in total. The SMILES string of the molecule is NC(=S)c1ccc(NCCc2ccsc2)c2ccccc12. The Bertz CT molecular complexity index is 764. The van der Waals surface area contributed by atoms with Gasteiger partial charge < -0.3 is 11.1 Å². The number of nitrogens with two attached hydrogens (primary N) is 1. The van der Waals surface area contributed by atoms with E-state index in [1.807, 2.05) is 18.2 Å². The molecule has 4 heteroatoms. The average Bonchev–Trinajstić information content (AvgIpc) is 3.00. The van der Waals surface area contributed by atoms with Crippen LogP contribution in [0.1, 0.15) is 11.1 Å². The molecule has 0 fully saturated rings. The zero-order chi connectivity index (χ0) is 14.7. The van der Waals surface area contributed by atoms with Gasteiger partial charge in [0, 0.05) is 23.2 Å². The maximum Gasteiger partial charge on any atom is 0.104 e. The van der Waals surface area contributed by atoms with E-state index in [0.29, 0.717) is 4.99 Å². The lowest BCUT2D eigenvalue weighted by Gasteiger charge is -2.12. The summed E-state index contributed by atoms with van der Waals surface area (Å²) in [5.74, 6) is 0. The standard InChI is InChI=1S/C17H16N2S2/c18-17(20)15-5-6-16(14-4-2-1-3-13(14)15)19-9-7-12-8-10-21-11-12/h1-6,8,10-11,19H,7,9H2,(H2,18,20). The summed E-state index contributed by atoms with van der Waals surface area (Å²) >= 11 is 6.87. The van der Waals surface area contributed by atoms with Crippen molar-refractivity contribution in [3.8, 4) is 0 Å². The maximum absolute atomic E-state index is 5.81. The predicted octanol–water partition coefficient (Wildman–Crippen LogP) is 4.19. The lowest BCUT2D eigenvalue weighted by atomic mass is 10.0. The first kappa shape index (κ1) is 14.0. The molecule has 21 heavy (non-hydrogen) atoms. The molecule has 0 spiro atoms. The molecule has 0 aliphatic rings. The van der Waals surface area contributed by atoms with Gasteiger partial charge in [0.25, 0.3) is 0 Å². The molecule has 0 bridgehead atoms. The lowest BCUT2D eigenvalue weighted by molar-refractivity contribution is 1.03. The first-order chi connectivity index (χ1) is 10.3. The van der Waals surface area contributed by atoms with Crippen molar-refractivity contribution < 1.29 is 0 Å². The first-order valence-electron chi connectivity index (χ1n) is 6.82. The van der Waals surface area contributed by atoms with Crippen LogP contribution in [0.4, 0.5) is 5.69 Å². The summed E-state index contributed by atoms with van der Waals surface area (Å²) in [5.41, 5.74) is 9.24. The summed E-state index contributed by atoms with van der Waals surface area (Å²) in [7, 11) is 0. The van der Waals surface area contributed by atoms with Gasteiger partial charge >= 0.3 is 0 Å². The molecule has 3 rings (SSSR count). The summed E-state index contributed by atoms with van der Waals surface area (Å²) in [5, 5.41) is 10.1. The quantitative estimate of drug-likeness (QED) is 0.694. The van der Waals surface area contributed by atoms with E-state index < -0.39 is 0 Å². The van der Waals surface area contributed by atoms with Gasteiger partial charge in [-0.2, -0.15) is 11.3 Å². The van der Waals surface area contributed by atoms with Crippen LogP contribution in [0.3, 0.4) is 0 Å². The highest BCUT2D eigenvalue weighted by atomic mass is 32.1. The van der Waals surface area contributed by atoms with E-state index in [0.717, 1.165) is 35.0 Å². The number of nitrogens with one attached hydrogen (secondary N) is 1. The van der Waals surface area contributed by atoms with E-state index in [1.54, 1.807) is 11.3 Å². The third kappa shape index (κ3) is 3.06. The van der Waals surface area contributed by atoms with Crippen LogP contribution in [0, 0.1) is 0 Å². The zero-order valence-corrected chi connectivity index (χ0v) is 13.1. The fourth-order valence-corrected chi connectivity index (χ4v) is 3.33. The highest BCUT2D eigenvalue weighted by Crippen LogP contribution is 2.26. The van der Waals surface area contributed by atoms with Crippen molar-refractivity contribution in [1.82, 2.24) is 0 Å². The molecule has 0 saturated carbocycles. The van der Waals surface area contributed by atoms with E-state index in [2.05, 4.69) is 40.3 Å². The molecule has 1 heterocycles. The van der Waals surface area contributed by atoms with Gasteiger partial charge in [-0.25, -0.2) is 0 Å². The Morgan fingerprint density at radius 3 is 2.62 bits per heavy atom. The van der Waals surface area contributed by atoms with Crippen LogP contribution in [0.25, 0.3) is 10.8 Å². The summed E-state index contributed by atoms with van der Waals surface area (Å²) in [6.45, 7) is 0.910. The predicted molar refractivity (Wildman–Crippen MR) is 96.3 cm³/mol. The van der Waals surface area contributed by atoms with Gasteiger partial charge in [0.2, 0.25) is 0 Å². The number of fused-ring (bicyclic) bond motifs is 1. The number of benzene rings is 2. The molecule has 2 nitrogen and oxygen atoms in total. The Kier molecular flexibility index (Phi) is 4.18. The monoisotopic (exact) mass is 312 g/mol.